The third kappa shape index (κ3) is 4.58. The number of nitrogens with zero attached hydrogens (tertiary/aromatic N) is 1. The molecule has 3 saturated heterocycles. The number of anilines is 1. The van der Waals surface area contributed by atoms with E-state index in [-0.39, 0.29) is 41.1 Å². The lowest BCUT2D eigenvalue weighted by molar-refractivity contribution is -0.118. The Morgan fingerprint density at radius 3 is 2.86 bits per heavy atom. The quantitative estimate of drug-likeness (QED) is 0.548. The number of para-hydroxylation sites is 1. The molecule has 2 aromatic carbocycles. The molecule has 3 unspecified atom stereocenters. The summed E-state index contributed by atoms with van der Waals surface area (Å²) in [6, 6.07) is 11.4. The number of hydrogen-bond donors (Lipinski definition) is 3. The number of carbonyl (C=O) groups is 2. The van der Waals surface area contributed by atoms with Crippen LogP contribution < -0.4 is 25.6 Å². The second-order valence-corrected chi connectivity index (χ2v) is 10.9. The van der Waals surface area contributed by atoms with Crippen molar-refractivity contribution in [3.63, 3.8) is 0 Å². The minimum atomic E-state index is -0.542. The van der Waals surface area contributed by atoms with Gasteiger partial charge in [-0.1, -0.05) is 30.0 Å². The highest BCUT2D eigenvalue weighted by Gasteiger charge is 2.52. The fourth-order valence-electron chi connectivity index (χ4n) is 5.61. The lowest BCUT2D eigenvalue weighted by Crippen LogP contribution is -2.62. The highest BCUT2D eigenvalue weighted by Crippen LogP contribution is 2.48. The molecule has 37 heavy (non-hydrogen) atoms. The first-order valence-electron chi connectivity index (χ1n) is 12.7. The number of nitrogens with one attached hydrogen (secondary N) is 3. The predicted octanol–water partition coefficient (Wildman–Crippen LogP) is 4.01. The third-order valence-electron chi connectivity index (χ3n) is 7.32. The van der Waals surface area contributed by atoms with E-state index in [0.29, 0.717) is 41.6 Å². The van der Waals surface area contributed by atoms with Gasteiger partial charge in [-0.15, -0.1) is 0 Å². The number of aryl methyl sites for hydroxylation is 1. The van der Waals surface area contributed by atoms with Crippen LogP contribution in [0.15, 0.2) is 53.1 Å². The minimum Gasteiger partial charge on any atom is -0.454 e. The molecule has 4 atom stereocenters. The van der Waals surface area contributed by atoms with Crippen molar-refractivity contribution in [3.8, 4) is 11.5 Å². The van der Waals surface area contributed by atoms with Gasteiger partial charge in [0, 0.05) is 24.3 Å². The summed E-state index contributed by atoms with van der Waals surface area (Å²) >= 11 is 1.46. The van der Waals surface area contributed by atoms with Crippen LogP contribution in [0.4, 0.5) is 14.9 Å². The van der Waals surface area contributed by atoms with E-state index < -0.39 is 5.82 Å². The standard InChI is InChI=1S/C27H29FN4O4S/c1-15-12-21(36-17-7-3-2-4-8-17)18(28)13-20(15)32-19-9-10-29-26-22(19)23(31-27(32)34)24(37-26)25(33)30-16-6-5-11-35-14-16/h2-4,7-8,12-13,16,19,22,26,29H,5-6,9-11,14H2,1H3,(H,30,33)(H,31,34)/t16-,19?,22?,26?/m0/s1. The van der Waals surface area contributed by atoms with Crippen LogP contribution in [0.1, 0.15) is 24.8 Å². The van der Waals surface area contributed by atoms with Crippen LogP contribution in [0.5, 0.6) is 11.5 Å². The molecule has 0 aromatic heterocycles. The van der Waals surface area contributed by atoms with Crippen molar-refractivity contribution in [3.05, 3.63) is 64.4 Å². The molecule has 0 saturated carbocycles. The lowest BCUT2D eigenvalue weighted by Gasteiger charge is -2.46. The van der Waals surface area contributed by atoms with E-state index in [1.807, 2.05) is 25.1 Å². The maximum Gasteiger partial charge on any atom is 0.326 e. The van der Waals surface area contributed by atoms with Gasteiger partial charge in [0.25, 0.3) is 5.91 Å². The Morgan fingerprint density at radius 1 is 1.24 bits per heavy atom. The molecule has 0 aliphatic carbocycles. The SMILES string of the molecule is Cc1cc(Oc2ccccc2)c(F)cc1N1C(=O)NC2=C(C(=O)N[C@H]3CCCOC3)SC3NCCC1C23. The fourth-order valence-corrected chi connectivity index (χ4v) is 7.00. The molecule has 10 heteroatoms. The summed E-state index contributed by atoms with van der Waals surface area (Å²) in [4.78, 5) is 28.9. The van der Waals surface area contributed by atoms with Crippen LogP contribution in [-0.4, -0.2) is 49.2 Å². The van der Waals surface area contributed by atoms with Crippen molar-refractivity contribution in [2.75, 3.05) is 24.7 Å². The molecular weight excluding hydrogens is 495 g/mol. The van der Waals surface area contributed by atoms with E-state index >= 15 is 4.39 Å². The number of urea groups is 1. The number of ether oxygens (including phenoxy) is 2. The molecule has 0 bridgehead atoms. The zero-order chi connectivity index (χ0) is 25.5. The topological polar surface area (TPSA) is 91.9 Å². The number of thioether (sulfide) groups is 1. The Balaban J connectivity index is 1.28. The first-order valence-corrected chi connectivity index (χ1v) is 13.5. The van der Waals surface area contributed by atoms with Gasteiger partial charge in [0.15, 0.2) is 11.6 Å². The molecule has 3 amide bonds. The molecule has 194 valence electrons. The van der Waals surface area contributed by atoms with Gasteiger partial charge in [-0.3, -0.25) is 9.69 Å². The number of amides is 3. The van der Waals surface area contributed by atoms with Crippen LogP contribution in [0.25, 0.3) is 0 Å². The van der Waals surface area contributed by atoms with Gasteiger partial charge < -0.3 is 25.4 Å². The van der Waals surface area contributed by atoms with Crippen molar-refractivity contribution in [1.82, 2.24) is 16.0 Å². The summed E-state index contributed by atoms with van der Waals surface area (Å²) in [6.07, 6.45) is 2.48. The molecule has 4 heterocycles. The second kappa shape index (κ2) is 10.00. The van der Waals surface area contributed by atoms with Crippen molar-refractivity contribution in [2.45, 2.75) is 43.6 Å². The maximum atomic E-state index is 15.2. The third-order valence-corrected chi connectivity index (χ3v) is 8.68. The van der Waals surface area contributed by atoms with Gasteiger partial charge in [-0.2, -0.15) is 0 Å². The highest BCUT2D eigenvalue weighted by atomic mass is 32.2. The number of piperidine rings is 1. The molecule has 4 aliphatic rings. The van der Waals surface area contributed by atoms with Gasteiger partial charge in [-0.05, 0) is 56.5 Å². The molecule has 3 N–H and O–H groups in total. The van der Waals surface area contributed by atoms with Gasteiger partial charge in [0.2, 0.25) is 0 Å². The zero-order valence-corrected chi connectivity index (χ0v) is 21.3. The van der Waals surface area contributed by atoms with Crippen molar-refractivity contribution < 1.29 is 23.5 Å². The van der Waals surface area contributed by atoms with Crippen molar-refractivity contribution >= 4 is 29.4 Å². The normalized spacial score (nSPS) is 27.0. The van der Waals surface area contributed by atoms with Gasteiger partial charge >= 0.3 is 6.03 Å². The Hall–Kier alpha value is -3.08. The Morgan fingerprint density at radius 2 is 2.08 bits per heavy atom. The van der Waals surface area contributed by atoms with E-state index in [1.54, 1.807) is 23.1 Å². The number of carbonyl (C=O) groups excluding carboxylic acids is 2. The largest absolute Gasteiger partial charge is 0.454 e. The van der Waals surface area contributed by atoms with Crippen LogP contribution >= 0.6 is 11.8 Å². The van der Waals surface area contributed by atoms with E-state index in [9.17, 15) is 9.59 Å². The van der Waals surface area contributed by atoms with Gasteiger partial charge in [0.05, 0.1) is 34.7 Å². The smallest absolute Gasteiger partial charge is 0.326 e. The first-order chi connectivity index (χ1) is 18.0. The number of benzene rings is 2. The summed E-state index contributed by atoms with van der Waals surface area (Å²) in [5, 5.41) is 9.50. The number of hydrogen-bond acceptors (Lipinski definition) is 6. The Kier molecular flexibility index (Phi) is 6.56. The second-order valence-electron chi connectivity index (χ2n) is 9.79. The van der Waals surface area contributed by atoms with Crippen LogP contribution in [0.3, 0.4) is 0 Å². The minimum absolute atomic E-state index is 0.0284. The summed E-state index contributed by atoms with van der Waals surface area (Å²) in [6.45, 7) is 3.76. The van der Waals surface area contributed by atoms with Crippen molar-refractivity contribution in [1.29, 1.82) is 0 Å². The molecule has 3 fully saturated rings. The molecule has 0 spiro atoms. The fraction of sp³-hybridized carbons (Fsp3) is 0.407. The molecule has 6 rings (SSSR count). The monoisotopic (exact) mass is 524 g/mol. The average Bonchev–Trinajstić information content (AvgIpc) is 3.27. The summed E-state index contributed by atoms with van der Waals surface area (Å²) in [5.41, 5.74) is 1.89. The van der Waals surface area contributed by atoms with Gasteiger partial charge in [-0.25, -0.2) is 9.18 Å². The average molecular weight is 525 g/mol. The molecule has 2 aromatic rings. The molecule has 4 aliphatic heterocycles. The van der Waals surface area contributed by atoms with E-state index in [0.717, 1.165) is 25.0 Å². The Bertz CT molecular complexity index is 1250. The van der Waals surface area contributed by atoms with Crippen molar-refractivity contribution in [2.24, 2.45) is 5.92 Å². The number of halogens is 1. The highest BCUT2D eigenvalue weighted by molar-refractivity contribution is 8.04. The number of rotatable bonds is 5. The zero-order valence-electron chi connectivity index (χ0n) is 20.5. The molecule has 8 nitrogen and oxygen atoms in total. The summed E-state index contributed by atoms with van der Waals surface area (Å²) in [7, 11) is 0. The lowest BCUT2D eigenvalue weighted by atomic mass is 9.86. The summed E-state index contributed by atoms with van der Waals surface area (Å²) in [5.74, 6) is -0.185. The summed E-state index contributed by atoms with van der Waals surface area (Å²) < 4.78 is 26.4. The predicted molar refractivity (Wildman–Crippen MR) is 139 cm³/mol. The maximum absolute atomic E-state index is 15.2. The van der Waals surface area contributed by atoms with E-state index in [4.69, 9.17) is 9.47 Å². The van der Waals surface area contributed by atoms with E-state index in [1.165, 1.54) is 17.8 Å². The van der Waals surface area contributed by atoms with E-state index in [2.05, 4.69) is 16.0 Å². The van der Waals surface area contributed by atoms with Gasteiger partial charge in [0.1, 0.15) is 5.75 Å². The van der Waals surface area contributed by atoms with Crippen LogP contribution in [0.2, 0.25) is 0 Å². The van der Waals surface area contributed by atoms with Crippen LogP contribution in [-0.2, 0) is 9.53 Å². The molecule has 0 radical (unpaired) electrons. The Labute approximate surface area is 218 Å². The van der Waals surface area contributed by atoms with Crippen LogP contribution in [0, 0.1) is 18.7 Å². The molecular formula is C27H29FN4O4S. The first kappa shape index (κ1) is 24.3.